The van der Waals surface area contributed by atoms with Crippen LogP contribution in [0, 0.1) is 5.41 Å². The number of carboxylic acids is 1. The van der Waals surface area contributed by atoms with Crippen molar-refractivity contribution in [1.29, 1.82) is 0 Å². The number of alkyl carbamates (subject to hydrolysis) is 1. The number of hydrogen-bond acceptors (Lipinski definition) is 4. The molecule has 33 heavy (non-hydrogen) atoms. The Kier molecular flexibility index (Phi) is 6.67. The highest BCUT2D eigenvalue weighted by Crippen LogP contribution is 2.48. The number of hydrogen-bond donors (Lipinski definition) is 3. The molecular weight excluding hydrogens is 420 g/mol. The van der Waals surface area contributed by atoms with Crippen LogP contribution in [0.15, 0.2) is 48.5 Å². The van der Waals surface area contributed by atoms with E-state index in [4.69, 9.17) is 4.74 Å². The normalized spacial score (nSPS) is 16.3. The minimum absolute atomic E-state index is 0.0971. The first-order valence-corrected chi connectivity index (χ1v) is 11.5. The summed E-state index contributed by atoms with van der Waals surface area (Å²) < 4.78 is 5.46. The molecule has 0 aromatic heterocycles. The van der Waals surface area contributed by atoms with Crippen LogP contribution >= 0.6 is 0 Å². The van der Waals surface area contributed by atoms with E-state index in [2.05, 4.69) is 17.6 Å². The highest BCUT2D eigenvalue weighted by molar-refractivity contribution is 5.89. The van der Waals surface area contributed by atoms with E-state index in [1.54, 1.807) is 0 Å². The minimum atomic E-state index is -1.19. The van der Waals surface area contributed by atoms with Gasteiger partial charge in [0.05, 0.1) is 6.42 Å². The van der Waals surface area contributed by atoms with Gasteiger partial charge in [0.25, 0.3) is 0 Å². The third kappa shape index (κ3) is 5.53. The highest BCUT2D eigenvalue weighted by atomic mass is 16.5. The maximum atomic E-state index is 12.5. The van der Waals surface area contributed by atoms with Gasteiger partial charge in [0.1, 0.15) is 12.6 Å². The van der Waals surface area contributed by atoms with Crippen molar-refractivity contribution in [3.63, 3.8) is 0 Å². The van der Waals surface area contributed by atoms with Gasteiger partial charge in [-0.2, -0.15) is 0 Å². The molecule has 0 heterocycles. The molecule has 2 aliphatic rings. The van der Waals surface area contributed by atoms with Gasteiger partial charge in [-0.25, -0.2) is 4.79 Å². The van der Waals surface area contributed by atoms with E-state index < -0.39 is 30.4 Å². The molecule has 1 fully saturated rings. The zero-order valence-corrected chi connectivity index (χ0v) is 18.8. The molecule has 1 saturated carbocycles. The number of nitrogens with one attached hydrogen (secondary N) is 2. The van der Waals surface area contributed by atoms with E-state index in [9.17, 15) is 19.5 Å². The summed E-state index contributed by atoms with van der Waals surface area (Å²) in [7, 11) is 0. The van der Waals surface area contributed by atoms with Gasteiger partial charge in [0.2, 0.25) is 5.91 Å². The molecule has 2 aromatic rings. The molecule has 0 spiro atoms. The number of ether oxygens (including phenoxy) is 1. The fourth-order valence-corrected chi connectivity index (χ4v) is 4.48. The van der Waals surface area contributed by atoms with Crippen LogP contribution in [0.2, 0.25) is 0 Å². The van der Waals surface area contributed by atoms with Crippen molar-refractivity contribution >= 4 is 18.0 Å². The highest BCUT2D eigenvalue weighted by Gasteiger charge is 2.36. The van der Waals surface area contributed by atoms with Gasteiger partial charge in [-0.3, -0.25) is 9.59 Å². The van der Waals surface area contributed by atoms with Gasteiger partial charge < -0.3 is 20.5 Å². The summed E-state index contributed by atoms with van der Waals surface area (Å²) in [6, 6.07) is 14.8. The van der Waals surface area contributed by atoms with Crippen LogP contribution in [0.3, 0.4) is 0 Å². The van der Waals surface area contributed by atoms with E-state index in [0.717, 1.165) is 35.1 Å². The monoisotopic (exact) mass is 450 g/mol. The van der Waals surface area contributed by atoms with Crippen LogP contribution in [0.1, 0.15) is 56.1 Å². The second kappa shape index (κ2) is 9.65. The summed E-state index contributed by atoms with van der Waals surface area (Å²) in [4.78, 5) is 36.2. The summed E-state index contributed by atoms with van der Waals surface area (Å²) in [6.45, 7) is 2.78. The fourth-order valence-electron chi connectivity index (χ4n) is 4.48. The average Bonchev–Trinajstić information content (AvgIpc) is 3.45. The molecular formula is C26H30N2O5. The lowest BCUT2D eigenvalue weighted by Crippen LogP contribution is -2.48. The standard InChI is InChI=1S/C26H30N2O5/c1-26(12-13-26)11-6-14-27-24(31)22(15-23(29)30)28-25(32)33-16-21-19-9-4-2-7-17(19)18-8-3-5-10-20(18)21/h2-5,7-10,21-22H,6,11-16H2,1H3,(H,27,31)(H,28,32)(H,29,30). The van der Waals surface area contributed by atoms with Crippen LogP contribution in [0.5, 0.6) is 0 Å². The van der Waals surface area contributed by atoms with Crippen molar-refractivity contribution in [1.82, 2.24) is 10.6 Å². The van der Waals surface area contributed by atoms with Gasteiger partial charge in [0.15, 0.2) is 0 Å². The molecule has 2 amide bonds. The predicted molar refractivity (Wildman–Crippen MR) is 124 cm³/mol. The first-order chi connectivity index (χ1) is 15.9. The van der Waals surface area contributed by atoms with Crippen molar-refractivity contribution in [3.8, 4) is 11.1 Å². The number of aliphatic carboxylic acids is 1. The van der Waals surface area contributed by atoms with Crippen molar-refractivity contribution in [3.05, 3.63) is 59.7 Å². The molecule has 2 aromatic carbocycles. The van der Waals surface area contributed by atoms with Crippen LogP contribution in [-0.2, 0) is 14.3 Å². The predicted octanol–water partition coefficient (Wildman–Crippen LogP) is 4.06. The Morgan fingerprint density at radius 1 is 1.06 bits per heavy atom. The molecule has 4 rings (SSSR count). The Morgan fingerprint density at radius 2 is 1.67 bits per heavy atom. The number of carboxylic acid groups (broad SMARTS) is 1. The summed E-state index contributed by atoms with van der Waals surface area (Å²) in [5, 5.41) is 14.4. The average molecular weight is 451 g/mol. The summed E-state index contributed by atoms with van der Waals surface area (Å²) >= 11 is 0. The van der Waals surface area contributed by atoms with E-state index in [1.165, 1.54) is 12.8 Å². The van der Waals surface area contributed by atoms with Crippen LogP contribution in [-0.4, -0.2) is 42.3 Å². The van der Waals surface area contributed by atoms with Crippen LogP contribution < -0.4 is 10.6 Å². The second-order valence-corrected chi connectivity index (χ2v) is 9.33. The number of amides is 2. The molecule has 0 aliphatic heterocycles. The number of carbonyl (C=O) groups excluding carboxylic acids is 2. The topological polar surface area (TPSA) is 105 Å². The lowest BCUT2D eigenvalue weighted by Gasteiger charge is -2.19. The smallest absolute Gasteiger partial charge is 0.407 e. The minimum Gasteiger partial charge on any atom is -0.481 e. The maximum Gasteiger partial charge on any atom is 0.407 e. The van der Waals surface area contributed by atoms with Gasteiger partial charge in [-0.05, 0) is 53.4 Å². The van der Waals surface area contributed by atoms with Crippen LogP contribution in [0.4, 0.5) is 4.79 Å². The zero-order chi connectivity index (χ0) is 23.4. The number of fused-ring (bicyclic) bond motifs is 3. The van der Waals surface area contributed by atoms with Crippen molar-refractivity contribution < 1.29 is 24.2 Å². The van der Waals surface area contributed by atoms with E-state index in [-0.39, 0.29) is 12.5 Å². The molecule has 174 valence electrons. The Labute approximate surface area is 193 Å². The van der Waals surface area contributed by atoms with Gasteiger partial charge >= 0.3 is 12.1 Å². The van der Waals surface area contributed by atoms with Crippen molar-refractivity contribution in [2.24, 2.45) is 5.41 Å². The molecule has 3 N–H and O–H groups in total. The molecule has 7 heteroatoms. The largest absolute Gasteiger partial charge is 0.481 e. The van der Waals surface area contributed by atoms with E-state index >= 15 is 0 Å². The zero-order valence-electron chi connectivity index (χ0n) is 18.8. The Hall–Kier alpha value is -3.35. The van der Waals surface area contributed by atoms with Crippen LogP contribution in [0.25, 0.3) is 11.1 Å². The first-order valence-electron chi connectivity index (χ1n) is 11.5. The lowest BCUT2D eigenvalue weighted by atomic mass is 9.98. The number of carbonyl (C=O) groups is 3. The van der Waals surface area contributed by atoms with E-state index in [0.29, 0.717) is 12.0 Å². The first kappa shape index (κ1) is 22.8. The third-order valence-electron chi connectivity index (χ3n) is 6.69. The van der Waals surface area contributed by atoms with Gasteiger partial charge in [0, 0.05) is 12.5 Å². The Morgan fingerprint density at radius 3 is 2.24 bits per heavy atom. The lowest BCUT2D eigenvalue weighted by molar-refractivity contribution is -0.139. The summed E-state index contributed by atoms with van der Waals surface area (Å²) in [5.74, 6) is -1.79. The second-order valence-electron chi connectivity index (χ2n) is 9.33. The summed E-state index contributed by atoms with van der Waals surface area (Å²) in [6.07, 6.45) is 2.97. The quantitative estimate of drug-likeness (QED) is 0.474. The summed E-state index contributed by atoms with van der Waals surface area (Å²) in [5.41, 5.74) is 4.78. The molecule has 1 unspecified atom stereocenters. The Balaban J connectivity index is 1.33. The van der Waals surface area contributed by atoms with Gasteiger partial charge in [-0.1, -0.05) is 55.5 Å². The van der Waals surface area contributed by atoms with E-state index in [1.807, 2.05) is 48.5 Å². The molecule has 0 radical (unpaired) electrons. The maximum absolute atomic E-state index is 12.5. The molecule has 0 bridgehead atoms. The van der Waals surface area contributed by atoms with Crippen molar-refractivity contribution in [2.75, 3.05) is 13.2 Å². The number of rotatable bonds is 10. The number of benzene rings is 2. The Bertz CT molecular complexity index is 1000. The fraction of sp³-hybridized carbons (Fsp3) is 0.423. The van der Waals surface area contributed by atoms with Gasteiger partial charge in [-0.15, -0.1) is 0 Å². The molecule has 0 saturated heterocycles. The molecule has 2 aliphatic carbocycles. The molecule has 1 atom stereocenters. The van der Waals surface area contributed by atoms with Crippen molar-refractivity contribution in [2.45, 2.75) is 51.0 Å². The third-order valence-corrected chi connectivity index (χ3v) is 6.69. The SMILES string of the molecule is CC1(CCCNC(=O)C(CC(=O)O)NC(=O)OCC2c3ccccc3-c3ccccc32)CC1. The molecule has 7 nitrogen and oxygen atoms in total.